The molecule has 1 saturated carbocycles. The number of aryl methyl sites for hydroxylation is 1. The summed E-state index contributed by atoms with van der Waals surface area (Å²) in [5, 5.41) is 0.858. The number of hydrogen-bond acceptors (Lipinski definition) is 11. The number of rotatable bonds is 9. The second-order valence-corrected chi connectivity index (χ2v) is 22.7. The van der Waals surface area contributed by atoms with E-state index in [-0.39, 0.29) is 54.9 Å². The maximum Gasteiger partial charge on any atom is 0.307 e. The number of esters is 1. The molecule has 0 radical (unpaired) electrons. The van der Waals surface area contributed by atoms with Gasteiger partial charge in [-0.1, -0.05) is 51.8 Å². The van der Waals surface area contributed by atoms with Crippen LogP contribution in [0, 0.1) is 24.2 Å². The van der Waals surface area contributed by atoms with Crippen LogP contribution in [0.25, 0.3) is 21.6 Å². The van der Waals surface area contributed by atoms with Crippen molar-refractivity contribution >= 4 is 56.1 Å². The minimum absolute atomic E-state index is 0.0480. The monoisotopic (exact) mass is 880 g/mol. The molecular formula is C45H64N6O8S2. The van der Waals surface area contributed by atoms with Crippen molar-refractivity contribution < 1.29 is 37.1 Å². The third kappa shape index (κ3) is 10.2. The third-order valence-electron chi connectivity index (χ3n) is 11.9. The molecule has 2 aromatic heterocycles. The summed E-state index contributed by atoms with van der Waals surface area (Å²) in [5.74, 6) is -3.05. The Labute approximate surface area is 365 Å². The first kappa shape index (κ1) is 46.4. The number of hydrogen-bond donors (Lipinski definition) is 1. The van der Waals surface area contributed by atoms with Gasteiger partial charge in [-0.15, -0.1) is 11.3 Å². The van der Waals surface area contributed by atoms with Crippen molar-refractivity contribution in [3.8, 4) is 16.6 Å². The second-order valence-electron chi connectivity index (χ2n) is 19.6. The van der Waals surface area contributed by atoms with E-state index >= 15 is 0 Å². The molecule has 1 aromatic carbocycles. The number of imidazole rings is 1. The fourth-order valence-corrected chi connectivity index (χ4v) is 10.5. The normalized spacial score (nSPS) is 24.9. The van der Waals surface area contributed by atoms with Gasteiger partial charge in [-0.3, -0.25) is 23.7 Å². The van der Waals surface area contributed by atoms with Crippen molar-refractivity contribution in [1.29, 1.82) is 0 Å². The molecule has 1 N–H and O–H groups in total. The van der Waals surface area contributed by atoms with E-state index in [9.17, 15) is 27.6 Å². The number of nitrogens with zero attached hydrogens (tertiary/aromatic N) is 5. The molecule has 334 valence electrons. The number of fused-ring (bicyclic) bond motifs is 3. The van der Waals surface area contributed by atoms with Crippen molar-refractivity contribution in [1.82, 2.24) is 28.5 Å². The number of carbonyl (C=O) groups is 4. The van der Waals surface area contributed by atoms with Gasteiger partial charge in [-0.2, -0.15) is 17.7 Å². The molecule has 3 aromatic rings. The van der Waals surface area contributed by atoms with Gasteiger partial charge in [0, 0.05) is 54.8 Å². The highest BCUT2D eigenvalue weighted by atomic mass is 32.2. The molecular weight excluding hydrogens is 817 g/mol. The summed E-state index contributed by atoms with van der Waals surface area (Å²) in [6.45, 7) is 18.0. The van der Waals surface area contributed by atoms with Crippen LogP contribution in [-0.4, -0.2) is 94.1 Å². The number of allylic oxidation sites excluding steroid dienone is 2. The van der Waals surface area contributed by atoms with Crippen LogP contribution in [0.5, 0.6) is 6.01 Å². The number of carbonyl (C=O) groups excluding carboxylic acids is 4. The summed E-state index contributed by atoms with van der Waals surface area (Å²) in [7, 11) is -1.49. The molecule has 61 heavy (non-hydrogen) atoms. The number of benzene rings is 1. The second kappa shape index (κ2) is 17.5. The molecule has 1 saturated heterocycles. The molecule has 4 heterocycles. The minimum Gasteiger partial charge on any atom is -0.460 e. The fourth-order valence-electron chi connectivity index (χ4n) is 8.73. The van der Waals surface area contributed by atoms with E-state index in [1.54, 1.807) is 32.1 Å². The smallest absolute Gasteiger partial charge is 0.307 e. The average molecular weight is 881 g/mol. The largest absolute Gasteiger partial charge is 0.460 e. The number of nitrogens with one attached hydrogen (secondary N) is 1. The van der Waals surface area contributed by atoms with Crippen LogP contribution >= 0.6 is 11.3 Å². The van der Waals surface area contributed by atoms with Crippen molar-refractivity contribution in [2.24, 2.45) is 17.3 Å². The van der Waals surface area contributed by atoms with Gasteiger partial charge in [0.1, 0.15) is 22.2 Å². The highest BCUT2D eigenvalue weighted by Crippen LogP contribution is 2.57. The Bertz CT molecular complexity index is 2300. The van der Waals surface area contributed by atoms with Crippen molar-refractivity contribution in [2.45, 2.75) is 149 Å². The molecule has 0 unspecified atom stereocenters. The summed E-state index contributed by atoms with van der Waals surface area (Å²) in [4.78, 5) is 69.5. The van der Waals surface area contributed by atoms with Crippen LogP contribution in [0.15, 0.2) is 30.4 Å². The van der Waals surface area contributed by atoms with Gasteiger partial charge in [0.2, 0.25) is 11.8 Å². The molecule has 16 heteroatoms. The number of ketones is 1. The van der Waals surface area contributed by atoms with Gasteiger partial charge in [0.15, 0.2) is 5.78 Å². The lowest BCUT2D eigenvalue weighted by Gasteiger charge is -2.29. The third-order valence-corrected chi connectivity index (χ3v) is 14.3. The number of thiazole rings is 1. The van der Waals surface area contributed by atoms with Crippen molar-refractivity contribution in [2.75, 3.05) is 20.6 Å². The molecule has 2 fully saturated rings. The highest BCUT2D eigenvalue weighted by molar-refractivity contribution is 7.87. The Morgan fingerprint density at radius 3 is 2.43 bits per heavy atom. The van der Waals surface area contributed by atoms with E-state index < -0.39 is 51.2 Å². The Morgan fingerprint density at radius 2 is 1.79 bits per heavy atom. The SMILES string of the molecule is Cc1sc(-c2cccc3c2nc(O[C@@H]2C[C@H]4C(=O)C[C@]5(C(=O)NS(=O)(=O)N(C)C)C[C@@H]5/C=C\CCCCC[C@H](CC(=O)OC(C)(C)C)C(=O)N4C2)n3C(C)C)nc1C(C)(C)C. The van der Waals surface area contributed by atoms with Gasteiger partial charge >= 0.3 is 16.2 Å². The lowest BCUT2D eigenvalue weighted by atomic mass is 9.90. The summed E-state index contributed by atoms with van der Waals surface area (Å²) >= 11 is 1.63. The molecule has 5 atom stereocenters. The molecule has 0 spiro atoms. The summed E-state index contributed by atoms with van der Waals surface area (Å²) < 4.78 is 43.3. The van der Waals surface area contributed by atoms with E-state index in [0.717, 1.165) is 55.7 Å². The topological polar surface area (TPSA) is 170 Å². The van der Waals surface area contributed by atoms with Crippen LogP contribution in [-0.2, 0) is 39.5 Å². The maximum absolute atomic E-state index is 14.8. The lowest BCUT2D eigenvalue weighted by molar-refractivity contribution is -0.159. The number of amides is 2. The zero-order valence-electron chi connectivity index (χ0n) is 37.7. The van der Waals surface area contributed by atoms with E-state index in [2.05, 4.69) is 32.4 Å². The minimum atomic E-state index is -4.14. The van der Waals surface area contributed by atoms with Gasteiger partial charge < -0.3 is 14.4 Å². The first-order chi connectivity index (χ1) is 28.4. The van der Waals surface area contributed by atoms with Crippen LogP contribution in [0.4, 0.5) is 0 Å². The number of aromatic nitrogens is 3. The Hall–Kier alpha value is -4.15. The van der Waals surface area contributed by atoms with E-state index in [0.29, 0.717) is 25.3 Å². The number of ether oxygens (including phenoxy) is 2. The number of Topliss-reactive ketones (excluding diaryl/α,β-unsaturated/α-hetero) is 1. The zero-order valence-corrected chi connectivity index (χ0v) is 39.3. The van der Waals surface area contributed by atoms with E-state index in [1.165, 1.54) is 19.0 Å². The Kier molecular flexibility index (Phi) is 13.3. The van der Waals surface area contributed by atoms with Crippen LogP contribution in [0.2, 0.25) is 0 Å². The standard InChI is InChI=1S/C45H64N6O8S2/c1-27(2)51-33-21-17-20-32(39-47-38(28(3)60-39)43(4,5)6)37(33)46-42(51)58-31-23-34-35(52)25-45(41(55)48-61(56,57)49(10)11)24-30(45)19-16-14-12-13-15-18-29(40(54)50(34)26-31)22-36(53)59-44(7,8)9/h16-17,19-21,27,29-31,34H,12-15,18,22-26H2,1-11H3,(H,48,55)/b19-16-/t29-,30+,31-,34+,45-/m1/s1. The summed E-state index contributed by atoms with van der Waals surface area (Å²) in [5.41, 5.74) is 1.32. The molecule has 0 bridgehead atoms. The first-order valence-corrected chi connectivity index (χ1v) is 23.8. The number of para-hydroxylation sites is 1. The molecule has 14 nitrogen and oxygen atoms in total. The van der Waals surface area contributed by atoms with Crippen LogP contribution in [0.1, 0.15) is 130 Å². The summed E-state index contributed by atoms with van der Waals surface area (Å²) in [6.07, 6.45) is 6.71. The molecule has 2 amide bonds. The van der Waals surface area contributed by atoms with Crippen LogP contribution < -0.4 is 9.46 Å². The molecule has 1 aliphatic carbocycles. The molecule has 3 aliphatic rings. The van der Waals surface area contributed by atoms with Crippen LogP contribution in [0.3, 0.4) is 0 Å². The van der Waals surface area contributed by atoms with Crippen molar-refractivity contribution in [3.63, 3.8) is 0 Å². The predicted octanol–water partition coefficient (Wildman–Crippen LogP) is 7.45. The van der Waals surface area contributed by atoms with Gasteiger partial charge in [0.25, 0.3) is 6.01 Å². The Morgan fingerprint density at radius 1 is 1.07 bits per heavy atom. The Balaban J connectivity index is 1.37. The van der Waals surface area contributed by atoms with Crippen molar-refractivity contribution in [3.05, 3.63) is 40.9 Å². The fraction of sp³-hybridized carbons (Fsp3) is 0.644. The quantitative estimate of drug-likeness (QED) is 0.168. The first-order valence-electron chi connectivity index (χ1n) is 21.5. The maximum atomic E-state index is 14.8. The van der Waals surface area contributed by atoms with Gasteiger partial charge in [-0.05, 0) is 85.3 Å². The van der Waals surface area contributed by atoms with Gasteiger partial charge in [-0.25, -0.2) is 9.71 Å². The summed E-state index contributed by atoms with van der Waals surface area (Å²) in [6, 6.07) is 5.28. The lowest BCUT2D eigenvalue weighted by Crippen LogP contribution is -2.47. The molecule has 6 rings (SSSR count). The predicted molar refractivity (Wildman–Crippen MR) is 236 cm³/mol. The highest BCUT2D eigenvalue weighted by Gasteiger charge is 2.61. The average Bonchev–Trinajstić information content (AvgIpc) is 3.43. The molecule has 2 aliphatic heterocycles. The van der Waals surface area contributed by atoms with Gasteiger partial charge in [0.05, 0.1) is 35.6 Å². The van der Waals surface area contributed by atoms with E-state index in [4.69, 9.17) is 19.4 Å². The van der Waals surface area contributed by atoms with E-state index in [1.807, 2.05) is 48.8 Å². The zero-order chi connectivity index (χ0) is 44.8.